The molecular formula is C28H24FNO6. The van der Waals surface area contributed by atoms with Crippen molar-refractivity contribution in [2.24, 2.45) is 0 Å². The summed E-state index contributed by atoms with van der Waals surface area (Å²) in [6, 6.07) is 15.0. The fourth-order valence-corrected chi connectivity index (χ4v) is 4.40. The maximum atomic E-state index is 13.9. The van der Waals surface area contributed by atoms with Crippen LogP contribution in [-0.2, 0) is 9.59 Å². The van der Waals surface area contributed by atoms with Crippen LogP contribution in [-0.4, -0.2) is 29.7 Å². The molecule has 7 nitrogen and oxygen atoms in total. The summed E-state index contributed by atoms with van der Waals surface area (Å²) in [6.45, 7) is 5.44. The van der Waals surface area contributed by atoms with E-state index in [2.05, 4.69) is 0 Å². The van der Waals surface area contributed by atoms with Gasteiger partial charge in [-0.05, 0) is 74.4 Å². The lowest BCUT2D eigenvalue weighted by Gasteiger charge is -2.26. The SMILES string of the molecule is Cc1cc(/C(O)=C2\C(=O)C(=O)N(c3ccc4c(c3)OCO4)C2c2ccc(OC(C)C)cc2)ccc1F. The monoisotopic (exact) mass is 489 g/mol. The second-order valence-corrected chi connectivity index (χ2v) is 8.91. The van der Waals surface area contributed by atoms with Crippen LogP contribution in [0, 0.1) is 12.7 Å². The smallest absolute Gasteiger partial charge is 0.300 e. The molecule has 1 atom stereocenters. The quantitative estimate of drug-likeness (QED) is 0.298. The average Bonchev–Trinajstić information content (AvgIpc) is 3.42. The van der Waals surface area contributed by atoms with E-state index in [0.29, 0.717) is 34.1 Å². The molecule has 0 radical (unpaired) electrons. The molecule has 0 bridgehead atoms. The van der Waals surface area contributed by atoms with Gasteiger partial charge in [0.2, 0.25) is 6.79 Å². The van der Waals surface area contributed by atoms with Crippen molar-refractivity contribution >= 4 is 23.1 Å². The Kier molecular flexibility index (Phi) is 5.88. The molecule has 1 fully saturated rings. The highest BCUT2D eigenvalue weighted by Gasteiger charge is 2.47. The van der Waals surface area contributed by atoms with Gasteiger partial charge < -0.3 is 19.3 Å². The van der Waals surface area contributed by atoms with Crippen LogP contribution in [0.3, 0.4) is 0 Å². The van der Waals surface area contributed by atoms with Crippen molar-refractivity contribution in [1.82, 2.24) is 0 Å². The number of benzene rings is 3. The maximum absolute atomic E-state index is 13.9. The number of halogens is 1. The van der Waals surface area contributed by atoms with E-state index in [0.717, 1.165) is 0 Å². The van der Waals surface area contributed by atoms with E-state index in [1.54, 1.807) is 49.4 Å². The molecule has 8 heteroatoms. The summed E-state index contributed by atoms with van der Waals surface area (Å²) < 4.78 is 30.4. The van der Waals surface area contributed by atoms with E-state index < -0.39 is 23.5 Å². The van der Waals surface area contributed by atoms with Gasteiger partial charge in [0.05, 0.1) is 17.7 Å². The second kappa shape index (κ2) is 9.03. The van der Waals surface area contributed by atoms with Gasteiger partial charge in [-0.15, -0.1) is 0 Å². The zero-order valence-corrected chi connectivity index (χ0v) is 19.9. The van der Waals surface area contributed by atoms with Crippen molar-refractivity contribution in [3.63, 3.8) is 0 Å². The van der Waals surface area contributed by atoms with Gasteiger partial charge in [-0.2, -0.15) is 0 Å². The molecule has 1 saturated heterocycles. The van der Waals surface area contributed by atoms with Crippen molar-refractivity contribution in [3.8, 4) is 17.2 Å². The number of anilines is 1. The Balaban J connectivity index is 1.67. The van der Waals surface area contributed by atoms with Gasteiger partial charge in [0.25, 0.3) is 11.7 Å². The van der Waals surface area contributed by atoms with Crippen LogP contribution in [0.5, 0.6) is 17.2 Å². The molecule has 0 spiro atoms. The van der Waals surface area contributed by atoms with Crippen LogP contribution < -0.4 is 19.1 Å². The lowest BCUT2D eigenvalue weighted by molar-refractivity contribution is -0.132. The summed E-state index contributed by atoms with van der Waals surface area (Å²) in [4.78, 5) is 28.0. The van der Waals surface area contributed by atoms with E-state index in [9.17, 15) is 19.1 Å². The van der Waals surface area contributed by atoms with Crippen molar-refractivity contribution in [1.29, 1.82) is 0 Å². The van der Waals surface area contributed by atoms with E-state index in [1.165, 1.54) is 23.1 Å². The summed E-state index contributed by atoms with van der Waals surface area (Å²) in [7, 11) is 0. The third kappa shape index (κ3) is 4.04. The fourth-order valence-electron chi connectivity index (χ4n) is 4.40. The summed E-state index contributed by atoms with van der Waals surface area (Å²) >= 11 is 0. The highest BCUT2D eigenvalue weighted by molar-refractivity contribution is 6.51. The Morgan fingerprint density at radius 2 is 1.75 bits per heavy atom. The zero-order chi connectivity index (χ0) is 25.6. The van der Waals surface area contributed by atoms with E-state index in [4.69, 9.17) is 14.2 Å². The number of hydrogen-bond donors (Lipinski definition) is 1. The summed E-state index contributed by atoms with van der Waals surface area (Å²) in [6.07, 6.45) is -0.0307. The number of fused-ring (bicyclic) bond motifs is 1. The fraction of sp³-hybridized carbons (Fsp3) is 0.214. The predicted octanol–water partition coefficient (Wildman–Crippen LogP) is 5.28. The number of amides is 1. The predicted molar refractivity (Wildman–Crippen MR) is 131 cm³/mol. The molecule has 3 aromatic carbocycles. The number of aryl methyl sites for hydroxylation is 1. The Morgan fingerprint density at radius 3 is 2.44 bits per heavy atom. The van der Waals surface area contributed by atoms with Crippen molar-refractivity contribution in [2.45, 2.75) is 32.9 Å². The Bertz CT molecular complexity index is 1400. The molecule has 5 rings (SSSR count). The first-order valence-corrected chi connectivity index (χ1v) is 11.5. The molecule has 2 aliphatic heterocycles. The van der Waals surface area contributed by atoms with Gasteiger partial charge in [-0.3, -0.25) is 14.5 Å². The number of rotatable bonds is 5. The van der Waals surface area contributed by atoms with E-state index in [1.807, 2.05) is 13.8 Å². The van der Waals surface area contributed by atoms with Crippen LogP contribution in [0.2, 0.25) is 0 Å². The lowest BCUT2D eigenvalue weighted by Crippen LogP contribution is -2.29. The molecule has 0 aliphatic carbocycles. The molecule has 1 amide bonds. The number of carbonyl (C=O) groups is 2. The molecule has 184 valence electrons. The molecule has 0 saturated carbocycles. The van der Waals surface area contributed by atoms with E-state index >= 15 is 0 Å². The van der Waals surface area contributed by atoms with Crippen molar-refractivity contribution in [2.75, 3.05) is 11.7 Å². The molecule has 1 unspecified atom stereocenters. The Labute approximate surface area is 207 Å². The van der Waals surface area contributed by atoms with Gasteiger partial charge in [-0.25, -0.2) is 4.39 Å². The number of ether oxygens (including phenoxy) is 3. The number of carbonyl (C=O) groups excluding carboxylic acids is 2. The molecular weight excluding hydrogens is 465 g/mol. The number of Topliss-reactive ketones (excluding diaryl/α,β-unsaturated/α-hetero) is 1. The van der Waals surface area contributed by atoms with Gasteiger partial charge in [0.15, 0.2) is 11.5 Å². The molecule has 36 heavy (non-hydrogen) atoms. The third-order valence-corrected chi connectivity index (χ3v) is 6.08. The normalized spacial score (nSPS) is 18.2. The first-order chi connectivity index (χ1) is 17.2. The Morgan fingerprint density at radius 1 is 1.03 bits per heavy atom. The third-order valence-electron chi connectivity index (χ3n) is 6.08. The van der Waals surface area contributed by atoms with Crippen molar-refractivity contribution < 1.29 is 33.3 Å². The van der Waals surface area contributed by atoms with E-state index in [-0.39, 0.29) is 29.8 Å². The van der Waals surface area contributed by atoms with Gasteiger partial charge >= 0.3 is 0 Å². The Hall–Kier alpha value is -4.33. The van der Waals surface area contributed by atoms with Gasteiger partial charge in [0, 0.05) is 17.3 Å². The minimum absolute atomic E-state index is 0.0307. The molecule has 2 heterocycles. The molecule has 2 aliphatic rings. The standard InChI is InChI=1S/C28H24FNO6/c1-15(2)36-20-8-4-17(5-9-20)25-24(26(31)18-6-10-21(29)16(3)12-18)27(32)28(33)30(25)19-7-11-22-23(13-19)35-14-34-22/h4-13,15,25,31H,14H2,1-3H3/b26-24+. The highest BCUT2D eigenvalue weighted by atomic mass is 19.1. The van der Waals surface area contributed by atoms with Crippen LogP contribution in [0.4, 0.5) is 10.1 Å². The van der Waals surface area contributed by atoms with Crippen LogP contribution in [0.25, 0.3) is 5.76 Å². The van der Waals surface area contributed by atoms with Crippen molar-refractivity contribution in [3.05, 3.63) is 88.7 Å². The second-order valence-electron chi connectivity index (χ2n) is 8.91. The van der Waals surface area contributed by atoms with Crippen LogP contribution in [0.15, 0.2) is 66.2 Å². The first-order valence-electron chi connectivity index (χ1n) is 11.5. The number of aliphatic hydroxyl groups excluding tert-OH is 1. The lowest BCUT2D eigenvalue weighted by atomic mass is 9.94. The minimum Gasteiger partial charge on any atom is -0.507 e. The van der Waals surface area contributed by atoms with Gasteiger partial charge in [-0.1, -0.05) is 12.1 Å². The largest absolute Gasteiger partial charge is 0.507 e. The molecule has 3 aromatic rings. The number of aliphatic hydroxyl groups is 1. The molecule has 1 N–H and O–H groups in total. The summed E-state index contributed by atoms with van der Waals surface area (Å²) in [5.41, 5.74) is 1.44. The summed E-state index contributed by atoms with van der Waals surface area (Å²) in [5.74, 6) is -0.868. The first kappa shape index (κ1) is 23.4. The zero-order valence-electron chi connectivity index (χ0n) is 19.9. The minimum atomic E-state index is -0.941. The maximum Gasteiger partial charge on any atom is 0.300 e. The number of nitrogens with zero attached hydrogens (tertiary/aromatic N) is 1. The van der Waals surface area contributed by atoms with Crippen LogP contribution >= 0.6 is 0 Å². The van der Waals surface area contributed by atoms with Gasteiger partial charge in [0.1, 0.15) is 17.3 Å². The summed E-state index contributed by atoms with van der Waals surface area (Å²) in [5, 5.41) is 11.2. The molecule has 0 aromatic heterocycles. The van der Waals surface area contributed by atoms with Crippen LogP contribution in [0.1, 0.15) is 36.6 Å². The topological polar surface area (TPSA) is 85.3 Å². The highest BCUT2D eigenvalue weighted by Crippen LogP contribution is 2.45. The number of ketones is 1. The number of hydrogen-bond acceptors (Lipinski definition) is 6. The average molecular weight is 489 g/mol.